The number of hydrogen-bond donors (Lipinski definition) is 1. The van der Waals surface area contributed by atoms with Crippen LogP contribution < -0.4 is 0 Å². The van der Waals surface area contributed by atoms with Crippen LogP contribution in [0.15, 0.2) is 36.4 Å². The van der Waals surface area contributed by atoms with Gasteiger partial charge in [-0.15, -0.1) is 0 Å². The van der Waals surface area contributed by atoms with Gasteiger partial charge in [-0.3, -0.25) is 9.59 Å². The van der Waals surface area contributed by atoms with Crippen molar-refractivity contribution in [3.05, 3.63) is 42.0 Å². The predicted octanol–water partition coefficient (Wildman–Crippen LogP) is 2.01. The molecule has 2 aromatic rings. The summed E-state index contributed by atoms with van der Waals surface area (Å²) in [6.07, 6.45) is 1.39. The molecular weight excluding hydrogens is 332 g/mol. The van der Waals surface area contributed by atoms with Crippen LogP contribution in [0.2, 0.25) is 0 Å². The molecule has 4 rings (SSSR count). The van der Waals surface area contributed by atoms with Gasteiger partial charge in [0.25, 0.3) is 11.8 Å². The molecule has 0 spiro atoms. The molecule has 2 aliphatic heterocycles. The molecule has 2 aromatic carbocycles. The van der Waals surface area contributed by atoms with E-state index in [1.165, 1.54) is 0 Å². The number of hydrogen-bond acceptors (Lipinski definition) is 4. The molecule has 0 bridgehead atoms. The minimum atomic E-state index is -0.318. The highest BCUT2D eigenvalue weighted by molar-refractivity contribution is 6.01. The zero-order valence-corrected chi connectivity index (χ0v) is 14.6. The molecule has 6 nitrogen and oxygen atoms in total. The van der Waals surface area contributed by atoms with Crippen LogP contribution in [0.5, 0.6) is 5.75 Å². The van der Waals surface area contributed by atoms with Gasteiger partial charge in [0, 0.05) is 32.8 Å². The van der Waals surface area contributed by atoms with E-state index in [0.29, 0.717) is 38.3 Å². The molecule has 0 saturated carbocycles. The summed E-state index contributed by atoms with van der Waals surface area (Å²) in [5.41, 5.74) is 0.308. The third kappa shape index (κ3) is 3.12. The summed E-state index contributed by atoms with van der Waals surface area (Å²) in [4.78, 5) is 28.7. The summed E-state index contributed by atoms with van der Waals surface area (Å²) in [7, 11) is 0. The van der Waals surface area contributed by atoms with Gasteiger partial charge in [-0.05, 0) is 35.7 Å². The van der Waals surface area contributed by atoms with Crippen LogP contribution in [0.1, 0.15) is 23.2 Å². The first kappa shape index (κ1) is 16.8. The first-order valence-electron chi connectivity index (χ1n) is 9.05. The summed E-state index contributed by atoms with van der Waals surface area (Å²) < 4.78 is 5.46. The Morgan fingerprint density at radius 2 is 1.65 bits per heavy atom. The highest BCUT2D eigenvalue weighted by Gasteiger charge is 2.32. The third-order valence-corrected chi connectivity index (χ3v) is 5.18. The Hall–Kier alpha value is -2.60. The van der Waals surface area contributed by atoms with Gasteiger partial charge in [0.1, 0.15) is 11.9 Å². The number of carbonyl (C=O) groups is 2. The SMILES string of the molecule is O=C(c1cc2ccccc2cc1O)N1CCN(C(=O)C2CCCO2)CC1. The number of nitrogens with zero attached hydrogens (tertiary/aromatic N) is 2. The average molecular weight is 354 g/mol. The van der Waals surface area contributed by atoms with Gasteiger partial charge in [-0.1, -0.05) is 24.3 Å². The van der Waals surface area contributed by atoms with Crippen molar-refractivity contribution in [1.82, 2.24) is 9.80 Å². The fourth-order valence-corrected chi connectivity index (χ4v) is 3.68. The lowest BCUT2D eigenvalue weighted by atomic mass is 10.0. The molecule has 1 N–H and O–H groups in total. The maximum atomic E-state index is 12.8. The molecule has 2 saturated heterocycles. The van der Waals surface area contributed by atoms with Crippen molar-refractivity contribution < 1.29 is 19.4 Å². The Morgan fingerprint density at radius 3 is 2.31 bits per heavy atom. The number of rotatable bonds is 2. The number of piperazine rings is 1. The van der Waals surface area contributed by atoms with Crippen LogP contribution >= 0.6 is 0 Å². The van der Waals surface area contributed by atoms with E-state index >= 15 is 0 Å². The topological polar surface area (TPSA) is 70.1 Å². The van der Waals surface area contributed by atoms with Crippen molar-refractivity contribution >= 4 is 22.6 Å². The zero-order chi connectivity index (χ0) is 18.1. The first-order chi connectivity index (χ1) is 12.6. The fraction of sp³-hybridized carbons (Fsp3) is 0.400. The molecule has 2 aliphatic rings. The van der Waals surface area contributed by atoms with E-state index < -0.39 is 0 Å². The normalized spacial score (nSPS) is 20.5. The summed E-state index contributed by atoms with van der Waals surface area (Å²) in [6, 6.07) is 11.0. The molecule has 6 heteroatoms. The number of ether oxygens (including phenoxy) is 1. The molecule has 26 heavy (non-hydrogen) atoms. The number of phenolic OH excluding ortho intramolecular Hbond substituents is 1. The smallest absolute Gasteiger partial charge is 0.257 e. The summed E-state index contributed by atoms with van der Waals surface area (Å²) >= 11 is 0. The van der Waals surface area contributed by atoms with Crippen LogP contribution in [-0.4, -0.2) is 65.6 Å². The minimum absolute atomic E-state index is 0.00781. The number of aromatic hydroxyl groups is 1. The lowest BCUT2D eigenvalue weighted by molar-refractivity contribution is -0.142. The van der Waals surface area contributed by atoms with Crippen molar-refractivity contribution in [2.75, 3.05) is 32.8 Å². The van der Waals surface area contributed by atoms with Crippen LogP contribution in [0.4, 0.5) is 0 Å². The van der Waals surface area contributed by atoms with Crippen LogP contribution in [0.25, 0.3) is 10.8 Å². The Balaban J connectivity index is 1.45. The lowest BCUT2D eigenvalue weighted by Crippen LogP contribution is -2.52. The molecule has 0 aliphatic carbocycles. The van der Waals surface area contributed by atoms with Gasteiger partial charge in [0.2, 0.25) is 0 Å². The second-order valence-corrected chi connectivity index (χ2v) is 6.84. The Bertz CT molecular complexity index is 837. The van der Waals surface area contributed by atoms with Gasteiger partial charge in [-0.2, -0.15) is 0 Å². The minimum Gasteiger partial charge on any atom is -0.507 e. The highest BCUT2D eigenvalue weighted by Crippen LogP contribution is 2.26. The largest absolute Gasteiger partial charge is 0.507 e. The second kappa shape index (κ2) is 6.96. The predicted molar refractivity (Wildman–Crippen MR) is 97.1 cm³/mol. The fourth-order valence-electron chi connectivity index (χ4n) is 3.68. The van der Waals surface area contributed by atoms with Crippen LogP contribution in [0.3, 0.4) is 0 Å². The summed E-state index contributed by atoms with van der Waals surface area (Å²) in [5.74, 6) is -0.174. The monoisotopic (exact) mass is 354 g/mol. The highest BCUT2D eigenvalue weighted by atomic mass is 16.5. The standard InChI is InChI=1S/C20H22N2O4/c23-17-13-15-5-2-1-4-14(15)12-16(17)19(24)21-7-9-22(10-8-21)20(25)18-6-3-11-26-18/h1-2,4-5,12-13,18,23H,3,6-11H2. The van der Waals surface area contributed by atoms with E-state index in [0.717, 1.165) is 23.6 Å². The molecule has 136 valence electrons. The third-order valence-electron chi connectivity index (χ3n) is 5.18. The number of carbonyl (C=O) groups excluding carboxylic acids is 2. The zero-order valence-electron chi connectivity index (χ0n) is 14.6. The quantitative estimate of drug-likeness (QED) is 0.896. The Labute approximate surface area is 152 Å². The van der Waals surface area contributed by atoms with E-state index in [2.05, 4.69) is 0 Å². The van der Waals surface area contributed by atoms with Crippen LogP contribution in [0, 0.1) is 0 Å². The van der Waals surface area contributed by atoms with E-state index in [1.807, 2.05) is 24.3 Å². The van der Waals surface area contributed by atoms with Gasteiger partial charge in [-0.25, -0.2) is 0 Å². The average Bonchev–Trinajstić information content (AvgIpc) is 3.21. The molecule has 1 atom stereocenters. The molecule has 0 radical (unpaired) electrons. The molecule has 0 aromatic heterocycles. The summed E-state index contributed by atoms with van der Waals surface area (Å²) in [6.45, 7) is 2.57. The van der Waals surface area contributed by atoms with Crippen molar-refractivity contribution in [1.29, 1.82) is 0 Å². The molecular formula is C20H22N2O4. The number of fused-ring (bicyclic) bond motifs is 1. The van der Waals surface area contributed by atoms with Crippen molar-refractivity contribution in [2.45, 2.75) is 18.9 Å². The van der Waals surface area contributed by atoms with Gasteiger partial charge in [0.15, 0.2) is 0 Å². The van der Waals surface area contributed by atoms with Crippen molar-refractivity contribution in [3.8, 4) is 5.75 Å². The summed E-state index contributed by atoms with van der Waals surface area (Å²) in [5, 5.41) is 12.1. The first-order valence-corrected chi connectivity index (χ1v) is 9.05. The molecule has 1 unspecified atom stereocenters. The van der Waals surface area contributed by atoms with Crippen LogP contribution in [-0.2, 0) is 9.53 Å². The molecule has 2 fully saturated rings. The van der Waals surface area contributed by atoms with E-state index in [-0.39, 0.29) is 23.7 Å². The second-order valence-electron chi connectivity index (χ2n) is 6.84. The number of phenols is 1. The maximum absolute atomic E-state index is 12.8. The van der Waals surface area contributed by atoms with Gasteiger partial charge in [0.05, 0.1) is 5.56 Å². The number of benzene rings is 2. The Kier molecular flexibility index (Phi) is 4.51. The molecule has 2 amide bonds. The van der Waals surface area contributed by atoms with Gasteiger partial charge >= 0.3 is 0 Å². The maximum Gasteiger partial charge on any atom is 0.257 e. The van der Waals surface area contributed by atoms with E-state index in [1.54, 1.807) is 21.9 Å². The molecule has 2 heterocycles. The van der Waals surface area contributed by atoms with Crippen molar-refractivity contribution in [2.24, 2.45) is 0 Å². The van der Waals surface area contributed by atoms with E-state index in [4.69, 9.17) is 4.74 Å². The Morgan fingerprint density at radius 1 is 1.00 bits per heavy atom. The van der Waals surface area contributed by atoms with Gasteiger partial charge < -0.3 is 19.6 Å². The van der Waals surface area contributed by atoms with E-state index in [9.17, 15) is 14.7 Å². The van der Waals surface area contributed by atoms with Crippen molar-refractivity contribution in [3.63, 3.8) is 0 Å². The number of amides is 2. The lowest BCUT2D eigenvalue weighted by Gasteiger charge is -2.35.